The minimum Gasteiger partial charge on any atom is -0.310 e. The topological polar surface area (TPSA) is 45.8 Å². The van der Waals surface area contributed by atoms with Crippen molar-refractivity contribution in [3.8, 4) is 0 Å². The lowest BCUT2D eigenvalue weighted by atomic mass is 10.2. The second-order valence-corrected chi connectivity index (χ2v) is 4.90. The minimum absolute atomic E-state index is 0.0853. The van der Waals surface area contributed by atoms with Gasteiger partial charge in [0, 0.05) is 16.7 Å². The summed E-state index contributed by atoms with van der Waals surface area (Å²) in [6.45, 7) is 3.91. The number of hydrogen-bond acceptors (Lipinski definition) is 3. The van der Waals surface area contributed by atoms with Crippen LogP contribution in [0.1, 0.15) is 17.1 Å². The zero-order valence-corrected chi connectivity index (χ0v) is 10.7. The van der Waals surface area contributed by atoms with Gasteiger partial charge in [-0.3, -0.25) is 4.79 Å². The molecule has 0 saturated carbocycles. The van der Waals surface area contributed by atoms with Crippen LogP contribution in [-0.2, 0) is 5.75 Å². The predicted molar refractivity (Wildman–Crippen MR) is 70.3 cm³/mol. The smallest absolute Gasteiger partial charge is 0.251 e. The van der Waals surface area contributed by atoms with Crippen LogP contribution in [0.3, 0.4) is 0 Å². The third-order valence-corrected chi connectivity index (χ3v) is 3.56. The second-order valence-electron chi connectivity index (χ2n) is 3.89. The first kappa shape index (κ1) is 11.9. The molecule has 1 N–H and O–H groups in total. The first-order valence-electron chi connectivity index (χ1n) is 5.40. The summed E-state index contributed by atoms with van der Waals surface area (Å²) in [7, 11) is 0. The van der Waals surface area contributed by atoms with E-state index in [4.69, 9.17) is 0 Å². The number of aromatic amines is 1. The summed E-state index contributed by atoms with van der Waals surface area (Å²) in [5.41, 5.74) is 1.92. The van der Waals surface area contributed by atoms with Crippen molar-refractivity contribution in [3.63, 3.8) is 0 Å². The van der Waals surface area contributed by atoms with E-state index in [1.165, 1.54) is 16.5 Å². The van der Waals surface area contributed by atoms with Gasteiger partial charge in [0.2, 0.25) is 0 Å². The first-order valence-corrected chi connectivity index (χ1v) is 6.39. The van der Waals surface area contributed by atoms with Gasteiger partial charge in [0.25, 0.3) is 5.56 Å². The van der Waals surface area contributed by atoms with Crippen molar-refractivity contribution < 1.29 is 0 Å². The molecule has 0 aliphatic rings. The highest BCUT2D eigenvalue weighted by Crippen LogP contribution is 2.24. The zero-order valence-electron chi connectivity index (χ0n) is 9.86. The Morgan fingerprint density at radius 3 is 2.76 bits per heavy atom. The molecule has 2 aromatic rings. The molecular formula is C13H14N2OS. The molecule has 0 saturated heterocycles. The van der Waals surface area contributed by atoms with Crippen LogP contribution in [0.4, 0.5) is 0 Å². The Kier molecular flexibility index (Phi) is 3.64. The van der Waals surface area contributed by atoms with Gasteiger partial charge in [0.15, 0.2) is 0 Å². The number of aromatic nitrogens is 2. The Morgan fingerprint density at radius 1 is 1.29 bits per heavy atom. The highest BCUT2D eigenvalue weighted by atomic mass is 32.2. The van der Waals surface area contributed by atoms with E-state index in [9.17, 15) is 4.79 Å². The maximum atomic E-state index is 11.3. The Hall–Kier alpha value is -1.55. The summed E-state index contributed by atoms with van der Waals surface area (Å²) in [5, 5.41) is 0. The molecule has 1 aromatic heterocycles. The van der Waals surface area contributed by atoms with Crippen LogP contribution >= 0.6 is 11.8 Å². The molecule has 0 aliphatic heterocycles. The molecule has 0 unspecified atom stereocenters. The summed E-state index contributed by atoms with van der Waals surface area (Å²) in [4.78, 5) is 19.6. The normalized spacial score (nSPS) is 10.5. The largest absolute Gasteiger partial charge is 0.310 e. The fourth-order valence-electron chi connectivity index (χ4n) is 1.57. The molecule has 2 rings (SSSR count). The van der Waals surface area contributed by atoms with E-state index in [1.54, 1.807) is 11.8 Å². The molecule has 0 amide bonds. The lowest BCUT2D eigenvalue weighted by Gasteiger charge is -2.04. The molecule has 88 valence electrons. The molecule has 1 heterocycles. The zero-order chi connectivity index (χ0) is 12.3. The van der Waals surface area contributed by atoms with Gasteiger partial charge >= 0.3 is 0 Å². The number of nitrogens with zero attached hydrogens (tertiary/aromatic N) is 1. The van der Waals surface area contributed by atoms with Crippen LogP contribution in [0.25, 0.3) is 0 Å². The average Bonchev–Trinajstić information content (AvgIpc) is 2.27. The minimum atomic E-state index is -0.0853. The number of benzene rings is 1. The van der Waals surface area contributed by atoms with Crippen LogP contribution in [0.2, 0.25) is 0 Å². The van der Waals surface area contributed by atoms with Gasteiger partial charge in [-0.2, -0.15) is 0 Å². The maximum absolute atomic E-state index is 11.3. The lowest BCUT2D eigenvalue weighted by molar-refractivity contribution is 0.967. The number of H-pyrrole nitrogens is 1. The highest BCUT2D eigenvalue weighted by Gasteiger charge is 2.02. The number of thioether (sulfide) groups is 1. The van der Waals surface area contributed by atoms with Crippen molar-refractivity contribution in [2.45, 2.75) is 24.5 Å². The number of rotatable bonds is 3. The molecule has 0 radical (unpaired) electrons. The summed E-state index contributed by atoms with van der Waals surface area (Å²) in [6.07, 6.45) is 0. The molecule has 0 spiro atoms. The quantitative estimate of drug-likeness (QED) is 0.847. The molecule has 1 aromatic carbocycles. The third-order valence-electron chi connectivity index (χ3n) is 2.38. The number of aryl methyl sites for hydroxylation is 2. The van der Waals surface area contributed by atoms with Gasteiger partial charge in [0.05, 0.1) is 5.75 Å². The van der Waals surface area contributed by atoms with Crippen molar-refractivity contribution in [3.05, 3.63) is 57.8 Å². The second kappa shape index (κ2) is 5.19. The first-order chi connectivity index (χ1) is 8.15. The third kappa shape index (κ3) is 3.20. The van der Waals surface area contributed by atoms with Crippen molar-refractivity contribution in [1.29, 1.82) is 0 Å². The van der Waals surface area contributed by atoms with E-state index in [0.29, 0.717) is 5.75 Å². The molecule has 0 bridgehead atoms. The van der Waals surface area contributed by atoms with Crippen LogP contribution in [0, 0.1) is 13.8 Å². The number of nitrogens with one attached hydrogen (secondary N) is 1. The van der Waals surface area contributed by atoms with E-state index < -0.39 is 0 Å². The van der Waals surface area contributed by atoms with Crippen molar-refractivity contribution in [2.24, 2.45) is 0 Å². The molecule has 0 aliphatic carbocycles. The summed E-state index contributed by atoms with van der Waals surface area (Å²) in [5.74, 6) is 1.41. The number of hydrogen-bond donors (Lipinski definition) is 1. The van der Waals surface area contributed by atoms with E-state index >= 15 is 0 Å². The van der Waals surface area contributed by atoms with Gasteiger partial charge in [0.1, 0.15) is 5.82 Å². The summed E-state index contributed by atoms with van der Waals surface area (Å²) < 4.78 is 0. The predicted octanol–water partition coefficient (Wildman–Crippen LogP) is 2.68. The SMILES string of the molecule is Cc1cc(=O)[nH]c(CSc2ccccc2C)n1. The van der Waals surface area contributed by atoms with E-state index in [2.05, 4.69) is 29.0 Å². The Bertz CT molecular complexity index is 578. The monoisotopic (exact) mass is 246 g/mol. The lowest BCUT2D eigenvalue weighted by Crippen LogP contribution is -2.10. The molecular weight excluding hydrogens is 232 g/mol. The average molecular weight is 246 g/mol. The molecule has 0 atom stereocenters. The van der Waals surface area contributed by atoms with E-state index in [0.717, 1.165) is 11.5 Å². The van der Waals surface area contributed by atoms with E-state index in [1.807, 2.05) is 19.1 Å². The molecule has 3 nitrogen and oxygen atoms in total. The van der Waals surface area contributed by atoms with E-state index in [-0.39, 0.29) is 5.56 Å². The molecule has 4 heteroatoms. The van der Waals surface area contributed by atoms with Crippen LogP contribution < -0.4 is 5.56 Å². The Morgan fingerprint density at radius 2 is 2.06 bits per heavy atom. The fraction of sp³-hybridized carbons (Fsp3) is 0.231. The highest BCUT2D eigenvalue weighted by molar-refractivity contribution is 7.98. The van der Waals surface area contributed by atoms with Gasteiger partial charge < -0.3 is 4.98 Å². The molecule has 17 heavy (non-hydrogen) atoms. The van der Waals surface area contributed by atoms with Crippen LogP contribution in [-0.4, -0.2) is 9.97 Å². The van der Waals surface area contributed by atoms with Crippen LogP contribution in [0.15, 0.2) is 40.0 Å². The Balaban J connectivity index is 2.13. The summed E-state index contributed by atoms with van der Waals surface area (Å²) >= 11 is 1.68. The molecule has 0 fully saturated rings. The van der Waals surface area contributed by atoms with Gasteiger partial charge in [-0.15, -0.1) is 11.8 Å². The fourth-order valence-corrected chi connectivity index (χ4v) is 2.47. The van der Waals surface area contributed by atoms with Crippen molar-refractivity contribution >= 4 is 11.8 Å². The summed E-state index contributed by atoms with van der Waals surface area (Å²) in [6, 6.07) is 9.69. The standard InChI is InChI=1S/C13H14N2OS/c1-9-5-3-4-6-11(9)17-8-12-14-10(2)7-13(16)15-12/h3-7H,8H2,1-2H3,(H,14,15,16). The van der Waals surface area contributed by atoms with Gasteiger partial charge in [-0.05, 0) is 25.5 Å². The van der Waals surface area contributed by atoms with Gasteiger partial charge in [-0.1, -0.05) is 18.2 Å². The van der Waals surface area contributed by atoms with Crippen molar-refractivity contribution in [1.82, 2.24) is 9.97 Å². The van der Waals surface area contributed by atoms with Crippen molar-refractivity contribution in [2.75, 3.05) is 0 Å². The Labute approximate surface area is 104 Å². The van der Waals surface area contributed by atoms with Gasteiger partial charge in [-0.25, -0.2) is 4.98 Å². The van der Waals surface area contributed by atoms with Crippen LogP contribution in [0.5, 0.6) is 0 Å². The maximum Gasteiger partial charge on any atom is 0.251 e.